The van der Waals surface area contributed by atoms with Crippen LogP contribution >= 0.6 is 15.9 Å². The van der Waals surface area contributed by atoms with Gasteiger partial charge in [0.25, 0.3) is 0 Å². The summed E-state index contributed by atoms with van der Waals surface area (Å²) in [6.45, 7) is 4.77. The molecule has 98 valence electrons. The van der Waals surface area contributed by atoms with E-state index in [0.29, 0.717) is 0 Å². The van der Waals surface area contributed by atoms with Gasteiger partial charge in [0.05, 0.1) is 13.2 Å². The summed E-state index contributed by atoms with van der Waals surface area (Å²) in [6.07, 6.45) is 3.27. The second kappa shape index (κ2) is 4.74. The molecule has 1 aromatic rings. The van der Waals surface area contributed by atoms with Gasteiger partial charge in [0.1, 0.15) is 0 Å². The van der Waals surface area contributed by atoms with Crippen LogP contribution in [0, 0.1) is 0 Å². The molecular weight excluding hydrogens is 294 g/mol. The number of benzene rings is 1. The van der Waals surface area contributed by atoms with Crippen molar-refractivity contribution >= 4 is 15.9 Å². The summed E-state index contributed by atoms with van der Waals surface area (Å²) in [5, 5.41) is 3.60. The third kappa shape index (κ3) is 2.01. The van der Waals surface area contributed by atoms with Gasteiger partial charge >= 0.3 is 0 Å². The third-order valence-electron chi connectivity index (χ3n) is 3.78. The highest BCUT2D eigenvalue weighted by atomic mass is 79.9. The number of halogens is 1. The lowest BCUT2D eigenvalue weighted by Crippen LogP contribution is -2.34. The fraction of sp³-hybridized carbons (Fsp3) is 0.571. The van der Waals surface area contributed by atoms with E-state index in [4.69, 9.17) is 9.47 Å². The molecule has 4 heteroatoms. The van der Waals surface area contributed by atoms with Crippen LogP contribution in [0.1, 0.15) is 31.7 Å². The van der Waals surface area contributed by atoms with Crippen LogP contribution in [0.5, 0.6) is 11.5 Å². The topological polar surface area (TPSA) is 30.5 Å². The molecule has 1 N–H and O–H groups in total. The van der Waals surface area contributed by atoms with Crippen LogP contribution in [0.3, 0.4) is 0 Å². The smallest absolute Gasteiger partial charge is 0.167 e. The van der Waals surface area contributed by atoms with E-state index in [9.17, 15) is 0 Å². The van der Waals surface area contributed by atoms with E-state index in [0.717, 1.165) is 48.6 Å². The van der Waals surface area contributed by atoms with Crippen LogP contribution in [0.2, 0.25) is 0 Å². The predicted molar refractivity (Wildman–Crippen MR) is 74.3 cm³/mol. The largest absolute Gasteiger partial charge is 0.490 e. The molecule has 3 nitrogen and oxygen atoms in total. The van der Waals surface area contributed by atoms with Gasteiger partial charge in [0, 0.05) is 22.0 Å². The van der Waals surface area contributed by atoms with Gasteiger partial charge in [-0.3, -0.25) is 0 Å². The Morgan fingerprint density at radius 1 is 1.22 bits per heavy atom. The molecule has 2 heterocycles. The Balaban J connectivity index is 2.12. The van der Waals surface area contributed by atoms with Crippen LogP contribution in [0.15, 0.2) is 16.6 Å². The summed E-state index contributed by atoms with van der Waals surface area (Å²) in [7, 11) is 0. The normalized spacial score (nSPS) is 27.0. The Bertz CT molecular complexity index is 455. The minimum absolute atomic E-state index is 0.0160. The molecule has 2 aliphatic rings. The first kappa shape index (κ1) is 12.3. The minimum Gasteiger partial charge on any atom is -0.490 e. The molecule has 1 aromatic carbocycles. The van der Waals surface area contributed by atoms with Crippen LogP contribution in [0.25, 0.3) is 0 Å². The molecule has 1 atom stereocenters. The highest BCUT2D eigenvalue weighted by molar-refractivity contribution is 9.10. The fourth-order valence-corrected chi connectivity index (χ4v) is 3.58. The predicted octanol–water partition coefficient (Wildman–Crippen LogP) is 3.21. The molecule has 18 heavy (non-hydrogen) atoms. The molecule has 1 saturated heterocycles. The molecule has 1 fully saturated rings. The van der Waals surface area contributed by atoms with Crippen molar-refractivity contribution in [1.29, 1.82) is 0 Å². The van der Waals surface area contributed by atoms with Gasteiger partial charge in [0.15, 0.2) is 11.5 Å². The van der Waals surface area contributed by atoms with E-state index in [2.05, 4.69) is 34.2 Å². The molecule has 2 aliphatic heterocycles. The van der Waals surface area contributed by atoms with Crippen LogP contribution < -0.4 is 14.8 Å². The number of ether oxygens (including phenoxy) is 2. The Morgan fingerprint density at radius 2 is 2.06 bits per heavy atom. The summed E-state index contributed by atoms with van der Waals surface area (Å²) in [5.74, 6) is 1.79. The molecule has 0 bridgehead atoms. The monoisotopic (exact) mass is 311 g/mol. The first-order chi connectivity index (χ1) is 8.71. The molecule has 0 radical (unpaired) electrons. The number of rotatable bonds is 1. The van der Waals surface area contributed by atoms with E-state index in [1.807, 2.05) is 6.07 Å². The van der Waals surface area contributed by atoms with E-state index in [1.54, 1.807) is 0 Å². The van der Waals surface area contributed by atoms with Crippen molar-refractivity contribution in [3.63, 3.8) is 0 Å². The quantitative estimate of drug-likeness (QED) is 0.864. The number of hydrogen-bond donors (Lipinski definition) is 1. The zero-order valence-electron chi connectivity index (χ0n) is 10.6. The summed E-state index contributed by atoms with van der Waals surface area (Å²) < 4.78 is 12.8. The van der Waals surface area contributed by atoms with Gasteiger partial charge in [-0.1, -0.05) is 15.9 Å². The van der Waals surface area contributed by atoms with Gasteiger partial charge in [-0.15, -0.1) is 0 Å². The third-order valence-corrected chi connectivity index (χ3v) is 4.44. The highest BCUT2D eigenvalue weighted by Gasteiger charge is 2.36. The summed E-state index contributed by atoms with van der Waals surface area (Å²) in [4.78, 5) is 0. The Morgan fingerprint density at radius 3 is 2.83 bits per heavy atom. The Kier molecular flexibility index (Phi) is 3.24. The summed E-state index contributed by atoms with van der Waals surface area (Å²) in [5.41, 5.74) is 1.19. The number of hydrogen-bond acceptors (Lipinski definition) is 3. The fourth-order valence-electron chi connectivity index (χ4n) is 2.83. The van der Waals surface area contributed by atoms with Crippen molar-refractivity contribution in [3.8, 4) is 11.5 Å². The lowest BCUT2D eigenvalue weighted by molar-refractivity contribution is 0.292. The second-order valence-electron chi connectivity index (χ2n) is 5.16. The Labute approximate surface area is 116 Å². The van der Waals surface area contributed by atoms with Crippen molar-refractivity contribution in [1.82, 2.24) is 5.32 Å². The van der Waals surface area contributed by atoms with Gasteiger partial charge < -0.3 is 14.8 Å². The van der Waals surface area contributed by atoms with Gasteiger partial charge in [0.2, 0.25) is 0 Å². The first-order valence-corrected chi connectivity index (χ1v) is 7.34. The van der Waals surface area contributed by atoms with E-state index in [-0.39, 0.29) is 5.54 Å². The maximum Gasteiger partial charge on any atom is 0.167 e. The molecule has 0 saturated carbocycles. The molecule has 0 spiro atoms. The van der Waals surface area contributed by atoms with Crippen molar-refractivity contribution in [2.45, 2.75) is 31.7 Å². The van der Waals surface area contributed by atoms with E-state index >= 15 is 0 Å². The SMILES string of the molecule is CC1(c2c(Br)ccc3c2OCCCO3)CCCN1. The highest BCUT2D eigenvalue weighted by Crippen LogP contribution is 2.46. The molecular formula is C14H18BrNO2. The maximum absolute atomic E-state index is 5.94. The zero-order chi connectivity index (χ0) is 12.6. The van der Waals surface area contributed by atoms with Crippen molar-refractivity contribution < 1.29 is 9.47 Å². The van der Waals surface area contributed by atoms with Crippen molar-refractivity contribution in [2.24, 2.45) is 0 Å². The van der Waals surface area contributed by atoms with Crippen molar-refractivity contribution in [3.05, 3.63) is 22.2 Å². The van der Waals surface area contributed by atoms with Crippen LogP contribution in [0.4, 0.5) is 0 Å². The van der Waals surface area contributed by atoms with Gasteiger partial charge in [-0.05, 0) is 38.4 Å². The molecule has 0 amide bonds. The number of nitrogens with one attached hydrogen (secondary N) is 1. The maximum atomic E-state index is 5.94. The molecule has 3 rings (SSSR count). The number of fused-ring (bicyclic) bond motifs is 1. The molecule has 0 aromatic heterocycles. The van der Waals surface area contributed by atoms with Crippen molar-refractivity contribution in [2.75, 3.05) is 19.8 Å². The second-order valence-corrected chi connectivity index (χ2v) is 6.02. The van der Waals surface area contributed by atoms with Crippen LogP contribution in [-0.4, -0.2) is 19.8 Å². The van der Waals surface area contributed by atoms with E-state index in [1.165, 1.54) is 12.0 Å². The van der Waals surface area contributed by atoms with Gasteiger partial charge in [-0.25, -0.2) is 0 Å². The average molecular weight is 312 g/mol. The van der Waals surface area contributed by atoms with Crippen LogP contribution in [-0.2, 0) is 5.54 Å². The molecule has 1 unspecified atom stereocenters. The first-order valence-electron chi connectivity index (χ1n) is 6.54. The van der Waals surface area contributed by atoms with E-state index < -0.39 is 0 Å². The average Bonchev–Trinajstić information content (AvgIpc) is 2.65. The lowest BCUT2D eigenvalue weighted by Gasteiger charge is -2.29. The standard InChI is InChI=1S/C14H18BrNO2/c1-14(6-2-7-16-14)12-10(15)4-5-11-13(12)18-9-3-8-17-11/h4-5,16H,2-3,6-9H2,1H3. The van der Waals surface area contributed by atoms with Gasteiger partial charge in [-0.2, -0.15) is 0 Å². The Hall–Kier alpha value is -0.740. The molecule has 0 aliphatic carbocycles. The summed E-state index contributed by atoms with van der Waals surface area (Å²) >= 11 is 3.67. The minimum atomic E-state index is -0.0160. The summed E-state index contributed by atoms with van der Waals surface area (Å²) in [6, 6.07) is 4.06. The zero-order valence-corrected chi connectivity index (χ0v) is 12.2. The lowest BCUT2D eigenvalue weighted by atomic mass is 9.89.